The third kappa shape index (κ3) is 4.20. The van der Waals surface area contributed by atoms with Gasteiger partial charge in [-0.2, -0.15) is 0 Å². The molecule has 0 atom stereocenters. The molecule has 0 unspecified atom stereocenters. The van der Waals surface area contributed by atoms with Crippen LogP contribution in [0.3, 0.4) is 0 Å². The van der Waals surface area contributed by atoms with E-state index in [4.69, 9.17) is 10.7 Å². The SMILES string of the molecule is CCCN(c1cc(CN)cc(C(C)(C)C)n1)C(C)C. The van der Waals surface area contributed by atoms with Crippen LogP contribution in [0, 0.1) is 0 Å². The predicted molar refractivity (Wildman–Crippen MR) is 83.6 cm³/mol. The van der Waals surface area contributed by atoms with Crippen molar-refractivity contribution < 1.29 is 0 Å². The van der Waals surface area contributed by atoms with Gasteiger partial charge in [0.15, 0.2) is 0 Å². The van der Waals surface area contributed by atoms with Crippen molar-refractivity contribution in [3.05, 3.63) is 23.4 Å². The minimum atomic E-state index is 0.0504. The molecule has 0 saturated carbocycles. The van der Waals surface area contributed by atoms with Crippen LogP contribution in [0.2, 0.25) is 0 Å². The molecular weight excluding hydrogens is 234 g/mol. The maximum absolute atomic E-state index is 5.83. The molecule has 19 heavy (non-hydrogen) atoms. The number of nitrogens with zero attached hydrogens (tertiary/aromatic N) is 2. The van der Waals surface area contributed by atoms with Crippen LogP contribution in [-0.2, 0) is 12.0 Å². The third-order valence-corrected chi connectivity index (χ3v) is 3.26. The largest absolute Gasteiger partial charge is 0.354 e. The van der Waals surface area contributed by atoms with E-state index < -0.39 is 0 Å². The van der Waals surface area contributed by atoms with E-state index in [0.29, 0.717) is 12.6 Å². The average molecular weight is 263 g/mol. The second-order valence-electron chi connectivity index (χ2n) is 6.46. The molecule has 1 rings (SSSR count). The lowest BCUT2D eigenvalue weighted by atomic mass is 9.90. The lowest BCUT2D eigenvalue weighted by Gasteiger charge is -2.30. The maximum atomic E-state index is 5.83. The number of hydrogen-bond acceptors (Lipinski definition) is 3. The van der Waals surface area contributed by atoms with E-state index in [1.807, 2.05) is 0 Å². The molecule has 1 aromatic rings. The van der Waals surface area contributed by atoms with Gasteiger partial charge in [0.2, 0.25) is 0 Å². The highest BCUT2D eigenvalue weighted by Gasteiger charge is 2.19. The molecule has 2 N–H and O–H groups in total. The van der Waals surface area contributed by atoms with Gasteiger partial charge in [-0.3, -0.25) is 0 Å². The summed E-state index contributed by atoms with van der Waals surface area (Å²) < 4.78 is 0. The van der Waals surface area contributed by atoms with Crippen molar-refractivity contribution in [1.82, 2.24) is 4.98 Å². The molecule has 3 heteroatoms. The lowest BCUT2D eigenvalue weighted by Crippen LogP contribution is -2.33. The van der Waals surface area contributed by atoms with Crippen molar-refractivity contribution in [3.8, 4) is 0 Å². The van der Waals surface area contributed by atoms with Gasteiger partial charge in [0.05, 0.1) is 0 Å². The first kappa shape index (κ1) is 16.0. The summed E-state index contributed by atoms with van der Waals surface area (Å²) in [5.74, 6) is 1.06. The fraction of sp³-hybridized carbons (Fsp3) is 0.688. The lowest BCUT2D eigenvalue weighted by molar-refractivity contribution is 0.563. The van der Waals surface area contributed by atoms with E-state index in [-0.39, 0.29) is 5.41 Å². The fourth-order valence-corrected chi connectivity index (χ4v) is 2.10. The topological polar surface area (TPSA) is 42.1 Å². The van der Waals surface area contributed by atoms with Gasteiger partial charge in [-0.05, 0) is 38.0 Å². The molecule has 0 fully saturated rings. The second kappa shape index (κ2) is 6.38. The number of hydrogen-bond donors (Lipinski definition) is 1. The highest BCUT2D eigenvalue weighted by Crippen LogP contribution is 2.25. The Morgan fingerprint density at radius 2 is 1.89 bits per heavy atom. The van der Waals surface area contributed by atoms with E-state index >= 15 is 0 Å². The zero-order valence-corrected chi connectivity index (χ0v) is 13.3. The normalized spacial score (nSPS) is 12.0. The highest BCUT2D eigenvalue weighted by molar-refractivity contribution is 5.44. The fourth-order valence-electron chi connectivity index (χ4n) is 2.10. The Morgan fingerprint density at radius 3 is 2.32 bits per heavy atom. The Labute approximate surface area is 118 Å². The van der Waals surface area contributed by atoms with Crippen LogP contribution in [0.15, 0.2) is 12.1 Å². The van der Waals surface area contributed by atoms with Crippen LogP contribution in [0.5, 0.6) is 0 Å². The standard InChI is InChI=1S/C16H29N3/c1-7-8-19(12(2)3)15-10-13(11-17)9-14(18-15)16(4,5)6/h9-10,12H,7-8,11,17H2,1-6H3. The zero-order valence-electron chi connectivity index (χ0n) is 13.3. The number of nitrogens with two attached hydrogens (primary N) is 1. The molecule has 1 aromatic heterocycles. The first-order valence-electron chi connectivity index (χ1n) is 7.27. The molecule has 0 aliphatic rings. The Balaban J connectivity index is 3.25. The Bertz CT molecular complexity index is 405. The van der Waals surface area contributed by atoms with Gasteiger partial charge in [-0.1, -0.05) is 27.7 Å². The molecule has 0 aliphatic heterocycles. The molecule has 0 spiro atoms. The molecule has 0 bridgehead atoms. The number of pyridine rings is 1. The van der Waals surface area contributed by atoms with Gasteiger partial charge in [-0.15, -0.1) is 0 Å². The summed E-state index contributed by atoms with van der Waals surface area (Å²) >= 11 is 0. The molecule has 108 valence electrons. The van der Waals surface area contributed by atoms with Crippen LogP contribution in [0.1, 0.15) is 59.2 Å². The van der Waals surface area contributed by atoms with Crippen molar-refractivity contribution in [2.24, 2.45) is 5.73 Å². The van der Waals surface area contributed by atoms with Crippen LogP contribution in [0.4, 0.5) is 5.82 Å². The third-order valence-electron chi connectivity index (χ3n) is 3.26. The average Bonchev–Trinajstić information content (AvgIpc) is 2.33. The summed E-state index contributed by atoms with van der Waals surface area (Å²) in [4.78, 5) is 7.22. The summed E-state index contributed by atoms with van der Waals surface area (Å²) in [5, 5.41) is 0. The van der Waals surface area contributed by atoms with E-state index in [1.165, 1.54) is 0 Å². The predicted octanol–water partition coefficient (Wildman–Crippen LogP) is 3.46. The van der Waals surface area contributed by atoms with E-state index in [9.17, 15) is 0 Å². The van der Waals surface area contributed by atoms with Crippen molar-refractivity contribution in [2.45, 2.75) is 66.0 Å². The van der Waals surface area contributed by atoms with Crippen molar-refractivity contribution in [3.63, 3.8) is 0 Å². The van der Waals surface area contributed by atoms with Gasteiger partial charge in [-0.25, -0.2) is 4.98 Å². The van der Waals surface area contributed by atoms with Crippen LogP contribution < -0.4 is 10.6 Å². The highest BCUT2D eigenvalue weighted by atomic mass is 15.2. The summed E-state index contributed by atoms with van der Waals surface area (Å²) in [5.41, 5.74) is 8.17. The van der Waals surface area contributed by atoms with E-state index in [1.54, 1.807) is 0 Å². The molecular formula is C16H29N3. The number of aromatic nitrogens is 1. The second-order valence-corrected chi connectivity index (χ2v) is 6.46. The number of anilines is 1. The maximum Gasteiger partial charge on any atom is 0.129 e. The van der Waals surface area contributed by atoms with Gasteiger partial charge in [0.25, 0.3) is 0 Å². The van der Waals surface area contributed by atoms with Crippen LogP contribution >= 0.6 is 0 Å². The van der Waals surface area contributed by atoms with Gasteiger partial charge in [0.1, 0.15) is 5.82 Å². The quantitative estimate of drug-likeness (QED) is 0.884. The minimum absolute atomic E-state index is 0.0504. The van der Waals surface area contributed by atoms with E-state index in [0.717, 1.165) is 30.0 Å². The zero-order chi connectivity index (χ0) is 14.6. The summed E-state index contributed by atoms with van der Waals surface area (Å²) in [6.45, 7) is 14.8. The molecule has 3 nitrogen and oxygen atoms in total. The summed E-state index contributed by atoms with van der Waals surface area (Å²) in [6.07, 6.45) is 1.12. The van der Waals surface area contributed by atoms with Gasteiger partial charge in [0, 0.05) is 30.2 Å². The Hall–Kier alpha value is -1.09. The Morgan fingerprint density at radius 1 is 1.26 bits per heavy atom. The first-order valence-corrected chi connectivity index (χ1v) is 7.27. The monoisotopic (exact) mass is 263 g/mol. The number of rotatable bonds is 5. The van der Waals surface area contributed by atoms with Gasteiger partial charge >= 0.3 is 0 Å². The van der Waals surface area contributed by atoms with Crippen LogP contribution in [-0.4, -0.2) is 17.6 Å². The Kier molecular flexibility index (Phi) is 5.36. The van der Waals surface area contributed by atoms with Crippen molar-refractivity contribution in [2.75, 3.05) is 11.4 Å². The van der Waals surface area contributed by atoms with Crippen LogP contribution in [0.25, 0.3) is 0 Å². The molecule has 1 heterocycles. The summed E-state index contributed by atoms with van der Waals surface area (Å²) in [7, 11) is 0. The van der Waals surface area contributed by atoms with Gasteiger partial charge < -0.3 is 10.6 Å². The molecule has 0 saturated heterocycles. The minimum Gasteiger partial charge on any atom is -0.354 e. The molecule has 0 amide bonds. The smallest absolute Gasteiger partial charge is 0.129 e. The van der Waals surface area contributed by atoms with Crippen molar-refractivity contribution in [1.29, 1.82) is 0 Å². The summed E-state index contributed by atoms with van der Waals surface area (Å²) in [6, 6.07) is 4.71. The molecule has 0 radical (unpaired) electrons. The first-order chi connectivity index (χ1) is 8.79. The van der Waals surface area contributed by atoms with E-state index in [2.05, 4.69) is 58.6 Å². The van der Waals surface area contributed by atoms with Crippen molar-refractivity contribution >= 4 is 5.82 Å². The molecule has 0 aromatic carbocycles. The molecule has 0 aliphatic carbocycles.